The number of benzene rings is 3. The molecule has 1 aliphatic heterocycles. The first-order chi connectivity index (χ1) is 14.3. The number of anilines is 1. The van der Waals surface area contributed by atoms with Gasteiger partial charge in [-0.05, 0) is 65.4 Å². The minimum Gasteiger partial charge on any atom is -0.384 e. The second kappa shape index (κ2) is 7.81. The molecule has 0 radical (unpaired) electrons. The van der Waals surface area contributed by atoms with Crippen LogP contribution in [0.5, 0.6) is 0 Å². The lowest BCUT2D eigenvalue weighted by Gasteiger charge is -2.04. The van der Waals surface area contributed by atoms with Crippen molar-refractivity contribution in [2.45, 2.75) is 19.3 Å². The number of nitrogens with one attached hydrogen (secondary N) is 1. The quantitative estimate of drug-likeness (QED) is 0.487. The summed E-state index contributed by atoms with van der Waals surface area (Å²) in [6, 6.07) is 25.6. The summed E-state index contributed by atoms with van der Waals surface area (Å²) in [5, 5.41) is 4.55. The Bertz CT molecular complexity index is 1230. The molecule has 0 spiro atoms. The van der Waals surface area contributed by atoms with Crippen LogP contribution in [0.4, 0.5) is 5.69 Å². The molecule has 4 aromatic rings. The van der Waals surface area contributed by atoms with Crippen molar-refractivity contribution >= 4 is 16.6 Å². The fourth-order valence-corrected chi connectivity index (χ4v) is 3.90. The average molecular weight is 374 g/mol. The minimum absolute atomic E-state index is 0.775. The molecule has 0 saturated carbocycles. The van der Waals surface area contributed by atoms with Gasteiger partial charge in [0.25, 0.3) is 0 Å². The molecule has 2 heteroatoms. The predicted octanol–water partition coefficient (Wildman–Crippen LogP) is 5.39. The third-order valence-corrected chi connectivity index (χ3v) is 5.39. The van der Waals surface area contributed by atoms with Crippen molar-refractivity contribution in [2.75, 3.05) is 11.9 Å². The van der Waals surface area contributed by atoms with Gasteiger partial charge in [0.1, 0.15) is 0 Å². The number of hydrogen-bond donors (Lipinski definition) is 1. The average Bonchev–Trinajstić information content (AvgIpc) is 3.22. The molecule has 1 aliphatic rings. The molecule has 0 amide bonds. The highest BCUT2D eigenvalue weighted by atomic mass is 14.9. The molecule has 29 heavy (non-hydrogen) atoms. The van der Waals surface area contributed by atoms with Crippen LogP contribution in [-0.2, 0) is 19.3 Å². The first-order valence-electron chi connectivity index (χ1n) is 10.1. The Balaban J connectivity index is 1.35. The van der Waals surface area contributed by atoms with Gasteiger partial charge in [0, 0.05) is 35.8 Å². The standard InChI is InChI=1S/C27H22N2/c1-2-5-20(6-3-1)15-23-18-25-17-22(10-12-27(25)29-19-23)8-4-7-21-9-11-26-24(16-21)13-14-28-26/h1-3,5-6,9-12,16-19,28H,7,13-15H2. The summed E-state index contributed by atoms with van der Waals surface area (Å²) < 4.78 is 0. The lowest BCUT2D eigenvalue weighted by molar-refractivity contribution is 1.10. The Hall–Kier alpha value is -3.57. The van der Waals surface area contributed by atoms with Crippen LogP contribution >= 0.6 is 0 Å². The molecular weight excluding hydrogens is 352 g/mol. The second-order valence-corrected chi connectivity index (χ2v) is 7.56. The fourth-order valence-electron chi connectivity index (χ4n) is 3.90. The Kier molecular flexibility index (Phi) is 4.72. The van der Waals surface area contributed by atoms with Crippen LogP contribution in [0, 0.1) is 11.8 Å². The summed E-state index contributed by atoms with van der Waals surface area (Å²) in [6.07, 6.45) is 4.76. The van der Waals surface area contributed by atoms with Crippen molar-refractivity contribution in [2.24, 2.45) is 0 Å². The van der Waals surface area contributed by atoms with Crippen LogP contribution in [0.25, 0.3) is 10.9 Å². The normalized spacial score (nSPS) is 12.1. The van der Waals surface area contributed by atoms with Gasteiger partial charge in [-0.3, -0.25) is 4.98 Å². The van der Waals surface area contributed by atoms with E-state index in [9.17, 15) is 0 Å². The van der Waals surface area contributed by atoms with Crippen molar-refractivity contribution in [1.82, 2.24) is 4.98 Å². The molecule has 0 unspecified atom stereocenters. The van der Waals surface area contributed by atoms with E-state index in [1.807, 2.05) is 12.3 Å². The van der Waals surface area contributed by atoms with Crippen molar-refractivity contribution in [3.05, 3.63) is 107 Å². The maximum Gasteiger partial charge on any atom is 0.0703 e. The lowest BCUT2D eigenvalue weighted by Crippen LogP contribution is -1.90. The molecule has 1 N–H and O–H groups in total. The van der Waals surface area contributed by atoms with Crippen molar-refractivity contribution < 1.29 is 0 Å². The van der Waals surface area contributed by atoms with Crippen LogP contribution in [-0.4, -0.2) is 11.5 Å². The molecule has 1 aromatic heterocycles. The van der Waals surface area contributed by atoms with Gasteiger partial charge in [-0.1, -0.05) is 54.3 Å². The van der Waals surface area contributed by atoms with Gasteiger partial charge in [-0.2, -0.15) is 0 Å². The van der Waals surface area contributed by atoms with Gasteiger partial charge in [-0.15, -0.1) is 0 Å². The number of aromatic nitrogens is 1. The minimum atomic E-state index is 0.775. The van der Waals surface area contributed by atoms with E-state index in [-0.39, 0.29) is 0 Å². The lowest BCUT2D eigenvalue weighted by atomic mass is 10.0. The number of rotatable bonds is 3. The smallest absolute Gasteiger partial charge is 0.0703 e. The SMILES string of the molecule is C(#Cc1ccc2ncc(Cc3ccccc3)cc2c1)Cc1ccc2c(c1)CCN2. The van der Waals surface area contributed by atoms with E-state index < -0.39 is 0 Å². The first-order valence-corrected chi connectivity index (χ1v) is 10.1. The highest BCUT2D eigenvalue weighted by molar-refractivity contribution is 5.80. The van der Waals surface area contributed by atoms with Gasteiger partial charge in [-0.25, -0.2) is 0 Å². The highest BCUT2D eigenvalue weighted by Gasteiger charge is 2.09. The van der Waals surface area contributed by atoms with E-state index in [1.54, 1.807) is 0 Å². The zero-order chi connectivity index (χ0) is 19.5. The molecule has 0 saturated heterocycles. The molecule has 0 fully saturated rings. The summed E-state index contributed by atoms with van der Waals surface area (Å²) in [7, 11) is 0. The molecule has 0 atom stereocenters. The van der Waals surface area contributed by atoms with Gasteiger partial charge >= 0.3 is 0 Å². The Labute approximate surface area is 171 Å². The summed E-state index contributed by atoms with van der Waals surface area (Å²) in [5.41, 5.74) is 8.54. The highest BCUT2D eigenvalue weighted by Crippen LogP contribution is 2.23. The van der Waals surface area contributed by atoms with E-state index in [0.29, 0.717) is 0 Å². The number of hydrogen-bond acceptors (Lipinski definition) is 2. The zero-order valence-corrected chi connectivity index (χ0v) is 16.3. The topological polar surface area (TPSA) is 24.9 Å². The van der Waals surface area contributed by atoms with Crippen molar-refractivity contribution in [1.29, 1.82) is 0 Å². The van der Waals surface area contributed by atoms with Crippen LogP contribution in [0.1, 0.15) is 27.8 Å². The van der Waals surface area contributed by atoms with Gasteiger partial charge < -0.3 is 5.32 Å². The maximum atomic E-state index is 4.63. The fraction of sp³-hybridized carbons (Fsp3) is 0.148. The van der Waals surface area contributed by atoms with Crippen LogP contribution < -0.4 is 5.32 Å². The predicted molar refractivity (Wildman–Crippen MR) is 120 cm³/mol. The van der Waals surface area contributed by atoms with E-state index in [4.69, 9.17) is 0 Å². The van der Waals surface area contributed by atoms with E-state index >= 15 is 0 Å². The van der Waals surface area contributed by atoms with Crippen molar-refractivity contribution in [3.63, 3.8) is 0 Å². The number of fused-ring (bicyclic) bond motifs is 2. The molecule has 2 heterocycles. The molecule has 5 rings (SSSR count). The molecular formula is C27H22N2. The Morgan fingerprint density at radius 1 is 0.862 bits per heavy atom. The van der Waals surface area contributed by atoms with E-state index in [0.717, 1.165) is 42.3 Å². The summed E-state index contributed by atoms with van der Waals surface area (Å²) in [4.78, 5) is 4.63. The maximum absolute atomic E-state index is 4.63. The van der Waals surface area contributed by atoms with Crippen molar-refractivity contribution in [3.8, 4) is 11.8 Å². The summed E-state index contributed by atoms with van der Waals surface area (Å²) in [5.74, 6) is 6.67. The third kappa shape index (κ3) is 4.00. The van der Waals surface area contributed by atoms with Crippen LogP contribution in [0.2, 0.25) is 0 Å². The molecule has 140 valence electrons. The van der Waals surface area contributed by atoms with Crippen LogP contribution in [0.15, 0.2) is 79.0 Å². The Morgan fingerprint density at radius 2 is 1.79 bits per heavy atom. The van der Waals surface area contributed by atoms with Gasteiger partial charge in [0.05, 0.1) is 5.52 Å². The third-order valence-electron chi connectivity index (χ3n) is 5.39. The second-order valence-electron chi connectivity index (χ2n) is 7.56. The summed E-state index contributed by atoms with van der Waals surface area (Å²) >= 11 is 0. The van der Waals surface area contributed by atoms with E-state index in [2.05, 4.69) is 88.9 Å². The molecule has 3 aromatic carbocycles. The van der Waals surface area contributed by atoms with Gasteiger partial charge in [0.15, 0.2) is 0 Å². The molecule has 0 bridgehead atoms. The molecule has 2 nitrogen and oxygen atoms in total. The summed E-state index contributed by atoms with van der Waals surface area (Å²) in [6.45, 7) is 1.04. The van der Waals surface area contributed by atoms with Crippen LogP contribution in [0.3, 0.4) is 0 Å². The zero-order valence-electron chi connectivity index (χ0n) is 16.3. The molecule has 0 aliphatic carbocycles. The first kappa shape index (κ1) is 17.5. The van der Waals surface area contributed by atoms with Gasteiger partial charge in [0.2, 0.25) is 0 Å². The monoisotopic (exact) mass is 374 g/mol. The van der Waals surface area contributed by atoms with E-state index in [1.165, 1.54) is 27.9 Å². The number of pyridine rings is 1. The largest absolute Gasteiger partial charge is 0.384 e. The number of nitrogens with zero attached hydrogens (tertiary/aromatic N) is 1. The Morgan fingerprint density at radius 3 is 2.72 bits per heavy atom.